The first-order valence-corrected chi connectivity index (χ1v) is 6.46. The first-order valence-electron chi connectivity index (χ1n) is 6.08. The number of anilines is 1. The number of para-hydroxylation sites is 1. The van der Waals surface area contributed by atoms with Crippen LogP contribution in [0.1, 0.15) is 11.1 Å². The largest absolute Gasteiger partial charge is 0.369 e. The number of halogens is 1. The van der Waals surface area contributed by atoms with Crippen LogP contribution < -0.4 is 5.73 Å². The first kappa shape index (κ1) is 12.1. The lowest BCUT2D eigenvalue weighted by Gasteiger charge is -2.09. The maximum atomic E-state index is 6.33. The van der Waals surface area contributed by atoms with Crippen molar-refractivity contribution >= 4 is 28.6 Å². The van der Waals surface area contributed by atoms with Gasteiger partial charge >= 0.3 is 0 Å². The van der Waals surface area contributed by atoms with E-state index in [0.29, 0.717) is 11.0 Å². The summed E-state index contributed by atoms with van der Waals surface area (Å²) < 4.78 is 1.89. The summed E-state index contributed by atoms with van der Waals surface area (Å²) in [6.07, 6.45) is 0. The molecule has 0 aliphatic carbocycles. The van der Waals surface area contributed by atoms with Gasteiger partial charge < -0.3 is 5.73 Å². The molecule has 0 aliphatic heterocycles. The summed E-state index contributed by atoms with van der Waals surface area (Å²) in [5.74, 6) is 0.454. The zero-order valence-corrected chi connectivity index (χ0v) is 11.6. The summed E-state index contributed by atoms with van der Waals surface area (Å²) in [6.45, 7) is 4.03. The van der Waals surface area contributed by atoms with Gasteiger partial charge in [0.25, 0.3) is 0 Å². The van der Waals surface area contributed by atoms with Crippen molar-refractivity contribution in [3.8, 4) is 5.69 Å². The lowest BCUT2D eigenvalue weighted by atomic mass is 10.2. The predicted octanol–water partition coefficient (Wildman–Crippen LogP) is 3.88. The predicted molar refractivity (Wildman–Crippen MR) is 80.0 cm³/mol. The Balaban J connectivity index is 2.36. The molecule has 0 saturated carbocycles. The molecule has 0 bridgehead atoms. The van der Waals surface area contributed by atoms with Crippen molar-refractivity contribution in [3.05, 3.63) is 52.5 Å². The van der Waals surface area contributed by atoms with E-state index in [1.165, 1.54) is 0 Å². The highest BCUT2D eigenvalue weighted by molar-refractivity contribution is 6.32. The van der Waals surface area contributed by atoms with Gasteiger partial charge in [-0.1, -0.05) is 29.8 Å². The number of benzene rings is 2. The molecular weight excluding hydrogens is 258 g/mol. The Morgan fingerprint density at radius 1 is 1.16 bits per heavy atom. The molecule has 3 aromatic rings. The van der Waals surface area contributed by atoms with Crippen LogP contribution in [0, 0.1) is 13.8 Å². The molecule has 0 atom stereocenters. The third-order valence-electron chi connectivity index (χ3n) is 3.26. The van der Waals surface area contributed by atoms with Crippen molar-refractivity contribution in [3.63, 3.8) is 0 Å². The molecule has 0 saturated heterocycles. The molecule has 2 N–H and O–H groups in total. The molecule has 1 heterocycles. The molecule has 3 nitrogen and oxygen atoms in total. The molecule has 3 rings (SSSR count). The second kappa shape index (κ2) is 4.28. The molecule has 1 aromatic heterocycles. The van der Waals surface area contributed by atoms with E-state index in [2.05, 4.69) is 4.98 Å². The summed E-state index contributed by atoms with van der Waals surface area (Å²) in [4.78, 5) is 4.43. The van der Waals surface area contributed by atoms with E-state index in [9.17, 15) is 0 Å². The number of imidazole rings is 1. The van der Waals surface area contributed by atoms with E-state index in [0.717, 1.165) is 27.8 Å². The van der Waals surface area contributed by atoms with E-state index in [4.69, 9.17) is 17.3 Å². The van der Waals surface area contributed by atoms with Crippen LogP contribution in [0.3, 0.4) is 0 Å². The van der Waals surface area contributed by atoms with Gasteiger partial charge in [-0.05, 0) is 43.2 Å². The Morgan fingerprint density at radius 2 is 1.95 bits per heavy atom. The van der Waals surface area contributed by atoms with E-state index in [1.54, 1.807) is 0 Å². The number of nitrogens with zero attached hydrogens (tertiary/aromatic N) is 2. The molecule has 19 heavy (non-hydrogen) atoms. The number of hydrogen-bond acceptors (Lipinski definition) is 2. The second-order valence-electron chi connectivity index (χ2n) is 4.70. The number of nitrogens with two attached hydrogens (primary N) is 1. The highest BCUT2D eigenvalue weighted by atomic mass is 35.5. The molecule has 0 unspecified atom stereocenters. The highest BCUT2D eigenvalue weighted by Crippen LogP contribution is 2.29. The van der Waals surface area contributed by atoms with Gasteiger partial charge in [-0.25, -0.2) is 4.98 Å². The Labute approximate surface area is 116 Å². The molecule has 0 spiro atoms. The van der Waals surface area contributed by atoms with Gasteiger partial charge in [-0.3, -0.25) is 4.57 Å². The van der Waals surface area contributed by atoms with E-state index >= 15 is 0 Å². The van der Waals surface area contributed by atoms with Crippen LogP contribution in [0.5, 0.6) is 0 Å². The smallest absolute Gasteiger partial charge is 0.205 e. The molecule has 96 valence electrons. The van der Waals surface area contributed by atoms with Crippen LogP contribution in [0.4, 0.5) is 5.95 Å². The number of hydrogen-bond donors (Lipinski definition) is 1. The quantitative estimate of drug-likeness (QED) is 0.730. The van der Waals surface area contributed by atoms with Gasteiger partial charge in [0.1, 0.15) is 0 Å². The fourth-order valence-electron chi connectivity index (χ4n) is 2.30. The van der Waals surface area contributed by atoms with Crippen molar-refractivity contribution < 1.29 is 0 Å². The fourth-order valence-corrected chi connectivity index (χ4v) is 2.62. The lowest BCUT2D eigenvalue weighted by Crippen LogP contribution is -2.01. The number of fused-ring (bicyclic) bond motifs is 1. The summed E-state index contributed by atoms with van der Waals surface area (Å²) in [6, 6.07) is 11.9. The summed E-state index contributed by atoms with van der Waals surface area (Å²) in [5.41, 5.74) is 11.0. The molecule has 2 aromatic carbocycles. The monoisotopic (exact) mass is 271 g/mol. The SMILES string of the molecule is Cc1ccc(-n2c(N)nc3c(C)cccc32)c(Cl)c1. The van der Waals surface area contributed by atoms with Crippen LogP contribution in [0.15, 0.2) is 36.4 Å². The Kier molecular flexibility index (Phi) is 2.72. The van der Waals surface area contributed by atoms with E-state index in [1.807, 2.05) is 54.8 Å². The Hall–Kier alpha value is -2.00. The molecule has 4 heteroatoms. The topological polar surface area (TPSA) is 43.8 Å². The zero-order valence-electron chi connectivity index (χ0n) is 10.8. The number of rotatable bonds is 1. The van der Waals surface area contributed by atoms with Crippen LogP contribution >= 0.6 is 11.6 Å². The van der Waals surface area contributed by atoms with E-state index in [-0.39, 0.29) is 0 Å². The molecule has 0 aliphatic rings. The average molecular weight is 272 g/mol. The summed E-state index contributed by atoms with van der Waals surface area (Å²) in [5, 5.41) is 0.674. The molecule has 0 amide bonds. The van der Waals surface area contributed by atoms with Gasteiger partial charge in [-0.2, -0.15) is 0 Å². The van der Waals surface area contributed by atoms with Crippen molar-refractivity contribution in [2.45, 2.75) is 13.8 Å². The van der Waals surface area contributed by atoms with Crippen LogP contribution in [0.25, 0.3) is 16.7 Å². The van der Waals surface area contributed by atoms with Gasteiger partial charge in [0.15, 0.2) is 0 Å². The third-order valence-corrected chi connectivity index (χ3v) is 3.56. The molecular formula is C15H14ClN3. The summed E-state index contributed by atoms with van der Waals surface area (Å²) >= 11 is 6.33. The summed E-state index contributed by atoms with van der Waals surface area (Å²) in [7, 11) is 0. The maximum Gasteiger partial charge on any atom is 0.205 e. The zero-order chi connectivity index (χ0) is 13.6. The van der Waals surface area contributed by atoms with Crippen molar-refractivity contribution in [2.24, 2.45) is 0 Å². The van der Waals surface area contributed by atoms with Gasteiger partial charge in [0, 0.05) is 0 Å². The van der Waals surface area contributed by atoms with E-state index < -0.39 is 0 Å². The minimum atomic E-state index is 0.454. The minimum Gasteiger partial charge on any atom is -0.369 e. The minimum absolute atomic E-state index is 0.454. The van der Waals surface area contributed by atoms with Gasteiger partial charge in [0.2, 0.25) is 5.95 Å². The fraction of sp³-hybridized carbons (Fsp3) is 0.133. The highest BCUT2D eigenvalue weighted by Gasteiger charge is 2.13. The number of aromatic nitrogens is 2. The normalized spacial score (nSPS) is 11.1. The second-order valence-corrected chi connectivity index (χ2v) is 5.11. The number of nitrogen functional groups attached to an aromatic ring is 1. The van der Waals surface area contributed by atoms with Crippen molar-refractivity contribution in [1.82, 2.24) is 9.55 Å². The Morgan fingerprint density at radius 3 is 2.68 bits per heavy atom. The number of aryl methyl sites for hydroxylation is 2. The van der Waals surface area contributed by atoms with Crippen LogP contribution in [0.2, 0.25) is 5.02 Å². The lowest BCUT2D eigenvalue weighted by molar-refractivity contribution is 1.11. The first-order chi connectivity index (χ1) is 9.08. The third kappa shape index (κ3) is 1.87. The standard InChI is InChI=1S/C15H14ClN3/c1-9-6-7-12(11(16)8-9)19-13-5-3-4-10(2)14(13)18-15(19)17/h3-8H,1-2H3,(H2,17,18). The van der Waals surface area contributed by atoms with Crippen molar-refractivity contribution in [1.29, 1.82) is 0 Å². The maximum absolute atomic E-state index is 6.33. The van der Waals surface area contributed by atoms with Crippen LogP contribution in [-0.2, 0) is 0 Å². The molecule has 0 fully saturated rings. The molecule has 0 radical (unpaired) electrons. The van der Waals surface area contributed by atoms with Crippen molar-refractivity contribution in [2.75, 3.05) is 5.73 Å². The Bertz CT molecular complexity index is 774. The van der Waals surface area contributed by atoms with Gasteiger partial charge in [-0.15, -0.1) is 0 Å². The van der Waals surface area contributed by atoms with Crippen LogP contribution in [-0.4, -0.2) is 9.55 Å². The van der Waals surface area contributed by atoms with Gasteiger partial charge in [0.05, 0.1) is 21.7 Å². The average Bonchev–Trinajstić information content (AvgIpc) is 2.68.